The van der Waals surface area contributed by atoms with Crippen molar-refractivity contribution in [1.29, 1.82) is 0 Å². The zero-order valence-electron chi connectivity index (χ0n) is 70.6. The molecule has 1 aliphatic carbocycles. The van der Waals surface area contributed by atoms with Gasteiger partial charge in [0.25, 0.3) is 10.1 Å². The molecule has 7 rings (SSSR count). The van der Waals surface area contributed by atoms with Crippen molar-refractivity contribution < 1.29 is 128 Å². The highest BCUT2D eigenvalue weighted by Gasteiger charge is 2.45. The highest BCUT2D eigenvalue weighted by atomic mass is 32.2. The molecule has 2 aliphatic heterocycles. The Morgan fingerprint density at radius 1 is 0.610 bits per heavy atom. The van der Waals surface area contributed by atoms with Crippen LogP contribution in [-0.4, -0.2) is 212 Å². The highest BCUT2D eigenvalue weighted by Crippen LogP contribution is 2.48. The van der Waals surface area contributed by atoms with Crippen LogP contribution in [0.1, 0.15) is 198 Å². The van der Waals surface area contributed by atoms with Crippen molar-refractivity contribution in [1.82, 2.24) is 21.3 Å². The number of unbranched alkanes of at least 4 members (excludes halogenated alkanes) is 8. The van der Waals surface area contributed by atoms with Crippen LogP contribution in [0.3, 0.4) is 0 Å². The molecule has 37 heteroatoms. The summed E-state index contributed by atoms with van der Waals surface area (Å²) in [5, 5.41) is 39.7. The maximum atomic E-state index is 14.7. The Kier molecular flexibility index (Phi) is 44.5. The number of benzene rings is 4. The quantitative estimate of drug-likeness (QED) is 0.00882. The number of para-hydroxylation sites is 2. The predicted molar refractivity (Wildman–Crippen MR) is 454 cm³/mol. The smallest absolute Gasteiger partial charge is 0.425 e. The number of urea groups is 1. The van der Waals surface area contributed by atoms with Gasteiger partial charge in [0.2, 0.25) is 17.5 Å². The number of allylic oxidation sites excluding steroid dienone is 7. The molecule has 4 aromatic carbocycles. The third-order valence-corrected chi connectivity index (χ3v) is 22.5. The molecule has 0 fully saturated rings. The van der Waals surface area contributed by atoms with Gasteiger partial charge in [0.05, 0.1) is 55.0 Å². The van der Waals surface area contributed by atoms with Crippen LogP contribution in [-0.2, 0) is 108 Å². The zero-order chi connectivity index (χ0) is 91.7. The molecule has 123 heavy (non-hydrogen) atoms. The van der Waals surface area contributed by atoms with Crippen molar-refractivity contribution in [2.24, 2.45) is 5.92 Å². The number of hydrogen-bond acceptors (Lipinski definition) is 23. The molecule has 0 saturated carbocycles. The number of aliphatic carboxylic acids is 3. The zero-order valence-corrected chi connectivity index (χ0v) is 73.9. The first-order valence-corrected chi connectivity index (χ1v) is 45.9. The molecule has 3 aliphatic rings. The number of rotatable bonds is 49. The molecule has 0 saturated heterocycles. The lowest BCUT2D eigenvalue weighted by Crippen LogP contribution is -2.47. The summed E-state index contributed by atoms with van der Waals surface area (Å²) in [6, 6.07) is 28.0. The summed E-state index contributed by atoms with van der Waals surface area (Å²) in [4.78, 5) is 122. The third kappa shape index (κ3) is 39.3. The first-order chi connectivity index (χ1) is 57.9. The van der Waals surface area contributed by atoms with Crippen LogP contribution in [0.15, 0.2) is 150 Å². The number of amides is 4. The topological polar surface area (TPSA) is 509 Å². The molecule has 4 amide bonds. The first kappa shape index (κ1) is 105. The van der Waals surface area contributed by atoms with E-state index < -0.39 is 112 Å². The van der Waals surface area contributed by atoms with Crippen molar-refractivity contribution in [2.75, 3.05) is 63.7 Å². The van der Waals surface area contributed by atoms with Gasteiger partial charge < -0.3 is 55.3 Å². The van der Waals surface area contributed by atoms with Crippen LogP contribution in [0.25, 0.3) is 0 Å². The summed E-state index contributed by atoms with van der Waals surface area (Å²) in [6.07, 6.45) is 17.8. The number of ketones is 2. The number of nitrogens with zero attached hydrogens (tertiary/aromatic N) is 3. The SMILES string of the molecule is CC1(C)C(=CC=C2CCCC(C=CC3=[N+](CCCCS(=O)(=O)O)c4ccccc4C3(C)C)=C2Oc2ccc(C[C@H](NC(=O)[C@H](CCCC[N+](C)(C)C)CC(=O)[C@H](Cc3ccccc3)NC(=O)CCCCCCCCC(=O)CC[C@H](NC(=O)NCCCC(=O)O)C(=O)O)C(=O)O)cc2)N(CCCCS(=O)(=O)[O-])c2ccccc21.O=C=O.O=S(=O)=O.O=S(=O)=O. The summed E-state index contributed by atoms with van der Waals surface area (Å²) < 4.78 is 129. The third-order valence-electron chi connectivity index (χ3n) is 21.0. The average molecular weight is 1790 g/mol. The second-order valence-electron chi connectivity index (χ2n) is 32.2. The second kappa shape index (κ2) is 52.2. The number of anilines is 1. The van der Waals surface area contributed by atoms with E-state index in [2.05, 4.69) is 122 Å². The Hall–Kier alpha value is -10.5. The number of carboxylic acid groups (broad SMARTS) is 3. The Balaban J connectivity index is 0.00000272. The molecule has 2 heterocycles. The Labute approximate surface area is 722 Å². The minimum atomic E-state index is -4.40. The van der Waals surface area contributed by atoms with E-state index in [0.717, 1.165) is 89.3 Å². The van der Waals surface area contributed by atoms with E-state index in [4.69, 9.17) is 44.7 Å². The molecule has 0 bridgehead atoms. The molecule has 0 aromatic heterocycles. The van der Waals surface area contributed by atoms with Crippen LogP contribution >= 0.6 is 0 Å². The molecule has 0 unspecified atom stereocenters. The molecule has 0 spiro atoms. The van der Waals surface area contributed by atoms with Gasteiger partial charge in [0.1, 0.15) is 35.9 Å². The van der Waals surface area contributed by atoms with Crippen molar-refractivity contribution in [2.45, 2.75) is 217 Å². The summed E-state index contributed by atoms with van der Waals surface area (Å²) >= 11 is 0. The number of quaternary nitrogens is 1. The molecule has 33 nitrogen and oxygen atoms in total. The van der Waals surface area contributed by atoms with E-state index in [9.17, 15) is 74.5 Å². The summed E-state index contributed by atoms with van der Waals surface area (Å²) in [5.74, 6) is -5.71. The lowest BCUT2D eigenvalue weighted by molar-refractivity contribution is -0.870. The van der Waals surface area contributed by atoms with Gasteiger partial charge in [-0.3, -0.25) is 28.5 Å². The van der Waals surface area contributed by atoms with Gasteiger partial charge in [0.15, 0.2) is 11.5 Å². The summed E-state index contributed by atoms with van der Waals surface area (Å²) in [5.41, 5.74) is 8.35. The largest absolute Gasteiger partial charge is 0.748 e. The fourth-order valence-corrected chi connectivity index (χ4v) is 15.9. The molecule has 8 N–H and O–H groups in total. The van der Waals surface area contributed by atoms with Crippen molar-refractivity contribution in [3.05, 3.63) is 172 Å². The van der Waals surface area contributed by atoms with Gasteiger partial charge >= 0.3 is 51.3 Å². The summed E-state index contributed by atoms with van der Waals surface area (Å²) in [7, 11) is -8.60. The minimum Gasteiger partial charge on any atom is -0.748 e. The van der Waals surface area contributed by atoms with Crippen LogP contribution in [0.5, 0.6) is 5.75 Å². The highest BCUT2D eigenvalue weighted by molar-refractivity contribution is 7.86. The number of carbonyl (C=O) groups is 8. The monoisotopic (exact) mass is 1790 g/mol. The van der Waals surface area contributed by atoms with E-state index in [1.165, 1.54) is 0 Å². The lowest BCUT2D eigenvalue weighted by atomic mass is 9.81. The van der Waals surface area contributed by atoms with Gasteiger partial charge in [-0.05, 0) is 162 Å². The van der Waals surface area contributed by atoms with E-state index >= 15 is 0 Å². The molecule has 4 aromatic rings. The number of nitrogens with one attached hydrogen (secondary N) is 4. The number of fused-ring (bicyclic) bond motifs is 2. The number of Topliss-reactive ketones (excluding diaryl/α,β-unsaturated/α-hetero) is 2. The minimum absolute atomic E-state index is 0.0454. The van der Waals surface area contributed by atoms with Crippen molar-refractivity contribution >= 4 is 112 Å². The van der Waals surface area contributed by atoms with Crippen LogP contribution < -0.4 is 30.9 Å². The number of carboxylic acids is 3. The summed E-state index contributed by atoms with van der Waals surface area (Å²) in [6.45, 7) is 10.4. The number of hydrogen-bond donors (Lipinski definition) is 8. The van der Waals surface area contributed by atoms with Crippen molar-refractivity contribution in [3.63, 3.8) is 0 Å². The van der Waals surface area contributed by atoms with E-state index in [0.29, 0.717) is 86.0 Å². The maximum Gasteiger partial charge on any atom is 0.425 e. The average Bonchev–Trinajstić information content (AvgIpc) is 1.60. The molecule has 674 valence electrons. The molecule has 0 radical (unpaired) electrons. The first-order valence-electron chi connectivity index (χ1n) is 40.7. The predicted octanol–water partition coefficient (Wildman–Crippen LogP) is 9.52. The van der Waals surface area contributed by atoms with Gasteiger partial charge in [-0.15, -0.1) is 25.3 Å². The maximum absolute atomic E-state index is 14.7. The van der Waals surface area contributed by atoms with Gasteiger partial charge in [-0.25, -0.2) is 22.8 Å². The van der Waals surface area contributed by atoms with E-state index in [1.807, 2.05) is 60.7 Å². The van der Waals surface area contributed by atoms with E-state index in [-0.39, 0.29) is 113 Å². The van der Waals surface area contributed by atoms with Crippen LogP contribution in [0, 0.1) is 5.92 Å². The molecular formula is C86H116N7O26S4+. The normalized spacial score (nSPS) is 15.5. The van der Waals surface area contributed by atoms with Crippen molar-refractivity contribution in [3.8, 4) is 5.75 Å². The van der Waals surface area contributed by atoms with Crippen LogP contribution in [0.2, 0.25) is 0 Å². The number of ether oxygens (including phenoxy) is 1. The van der Waals surface area contributed by atoms with Crippen LogP contribution in [0.4, 0.5) is 16.2 Å². The molecule has 4 atom stereocenters. The fourth-order valence-electron chi connectivity index (χ4n) is 14.8. The van der Waals surface area contributed by atoms with E-state index in [1.54, 1.807) is 24.3 Å². The van der Waals surface area contributed by atoms with Gasteiger partial charge in [-0.1, -0.05) is 124 Å². The standard InChI is InChI=1S/C85H115N7O18S2.CO2.2O3S/c1-84(2)67-35-17-19-37-72(67)90(52-22-25-55-111(104,105)106)75(84)49-43-62-32-27-33-63(44-50-76-85(3,4)68-36-18-20-38-73(68)91(76)53-23-26-56-112(107,108)109)79(62)110-66-46-41-61(42-47-66)58-71(82(101)102)88-80(98)64(31-21-24-54-92(5,6)7)59-74(94)70(57-60-29-13-12-14-30-60)87-77(95)39-16-11-9-8-10-15-34-65(93)45-48-69(81(99)100)89-83(103)86-51-28-40-78(96)97;2-1-3;2*1-4(2)3/h12-14,17-20,29-30,35-38,41-44,46-47,49-50,64,69-71H,8-11,15-16,21-28,31-34,39-40,45,48,51-59H2,1-7H3,(H7-2,86,87,88,89,95,96,97,98,99,100,101,102,103,104,105,106,107,108,109);;;/p+1/t64-,69+,70+,71+;;;/m1.../s1. The van der Waals surface area contributed by atoms with Gasteiger partial charge in [-0.2, -0.15) is 22.6 Å². The van der Waals surface area contributed by atoms with Gasteiger partial charge in [0, 0.05) is 104 Å². The Morgan fingerprint density at radius 2 is 1.19 bits per heavy atom. The fraction of sp³-hybridized carbons (Fsp3) is 0.512. The lowest BCUT2D eigenvalue weighted by Gasteiger charge is -2.28. The molecular weight excluding hydrogens is 1680 g/mol. The Morgan fingerprint density at radius 3 is 1.80 bits per heavy atom. The second-order valence-corrected chi connectivity index (χ2v) is 36.1. The Bertz CT molecular complexity index is 4920. The number of carbonyl (C=O) groups excluding carboxylic acids is 7.